The molecule has 0 fully saturated rings. The number of rotatable bonds is 14. The summed E-state index contributed by atoms with van der Waals surface area (Å²) in [7, 11) is 0. The summed E-state index contributed by atoms with van der Waals surface area (Å²) >= 11 is 0. The molecule has 2 aromatic carbocycles. The molecule has 9 nitrogen and oxygen atoms in total. The van der Waals surface area contributed by atoms with Crippen molar-refractivity contribution in [1.82, 2.24) is 10.2 Å². The van der Waals surface area contributed by atoms with Crippen LogP contribution in [0.25, 0.3) is 0 Å². The predicted octanol–water partition coefficient (Wildman–Crippen LogP) is 1.62. The topological polar surface area (TPSA) is 157 Å². The average molecular weight is 537 g/mol. The van der Waals surface area contributed by atoms with E-state index in [-0.39, 0.29) is 43.9 Å². The maximum absolute atomic E-state index is 13.1. The molecule has 0 aliphatic carbocycles. The molecule has 208 valence electrons. The maximum atomic E-state index is 13.1. The number of alkyl halides is 3. The largest absolute Gasteiger partial charge is 0.416 e. The lowest BCUT2D eigenvalue weighted by Gasteiger charge is -2.23. The lowest BCUT2D eigenvalue weighted by Crippen LogP contribution is -2.50. The monoisotopic (exact) mass is 536 g/mol. The van der Waals surface area contributed by atoms with Crippen LogP contribution in [-0.2, 0) is 27.0 Å². The van der Waals surface area contributed by atoms with E-state index in [1.54, 1.807) is 0 Å². The first-order valence-electron chi connectivity index (χ1n) is 12.3. The van der Waals surface area contributed by atoms with Crippen LogP contribution in [0.2, 0.25) is 0 Å². The molecule has 0 aliphatic rings. The maximum Gasteiger partial charge on any atom is 0.416 e. The first-order chi connectivity index (χ1) is 18.0. The number of nitrogens with zero attached hydrogens (tertiary/aromatic N) is 1. The third-order valence-corrected chi connectivity index (χ3v) is 5.81. The Labute approximate surface area is 219 Å². The lowest BCUT2D eigenvalue weighted by atomic mass is 10.0. The minimum absolute atomic E-state index is 0.0142. The van der Waals surface area contributed by atoms with E-state index in [9.17, 15) is 27.6 Å². The fourth-order valence-electron chi connectivity index (χ4n) is 3.75. The first-order valence-corrected chi connectivity index (χ1v) is 12.3. The standard InChI is InChI=1S/C26H35F3N6O3/c27-26(28,29)19-7-4-8-20(17-19)33-25(38)22(11-9-18-5-2-1-3-6-18)34-24(37)21(32)10-12-23(36)35(15-13-30)16-14-31/h1-8,17,21-22H,9-16,30-32H2,(H,33,38)(H,34,37)/t21-,22-/m0/s1. The summed E-state index contributed by atoms with van der Waals surface area (Å²) in [5, 5.41) is 5.04. The second-order valence-electron chi connectivity index (χ2n) is 8.76. The van der Waals surface area contributed by atoms with Crippen LogP contribution < -0.4 is 27.8 Å². The zero-order chi connectivity index (χ0) is 28.1. The van der Waals surface area contributed by atoms with E-state index >= 15 is 0 Å². The van der Waals surface area contributed by atoms with Crippen LogP contribution in [0.3, 0.4) is 0 Å². The quantitative estimate of drug-likeness (QED) is 0.247. The van der Waals surface area contributed by atoms with Gasteiger partial charge >= 0.3 is 6.18 Å². The highest BCUT2D eigenvalue weighted by molar-refractivity contribution is 5.98. The van der Waals surface area contributed by atoms with Crippen LogP contribution in [0.15, 0.2) is 54.6 Å². The number of hydrogen-bond donors (Lipinski definition) is 5. The number of carbonyl (C=O) groups excluding carboxylic acids is 3. The summed E-state index contributed by atoms with van der Waals surface area (Å²) in [6, 6.07) is 11.3. The van der Waals surface area contributed by atoms with Crippen molar-refractivity contribution in [3.8, 4) is 0 Å². The number of halogens is 3. The van der Waals surface area contributed by atoms with Gasteiger partial charge < -0.3 is 32.7 Å². The Balaban J connectivity index is 2.08. The number of benzene rings is 2. The summed E-state index contributed by atoms with van der Waals surface area (Å²) in [6.07, 6.45) is -3.97. The summed E-state index contributed by atoms with van der Waals surface area (Å²) in [4.78, 5) is 39.8. The number of nitrogens with one attached hydrogen (secondary N) is 2. The zero-order valence-electron chi connectivity index (χ0n) is 21.0. The van der Waals surface area contributed by atoms with Crippen molar-refractivity contribution in [2.45, 2.75) is 43.9 Å². The van der Waals surface area contributed by atoms with Crippen LogP contribution in [0.1, 0.15) is 30.4 Å². The van der Waals surface area contributed by atoms with Gasteiger partial charge in [0.1, 0.15) is 6.04 Å². The Bertz CT molecular complexity index is 1050. The van der Waals surface area contributed by atoms with Gasteiger partial charge in [0.15, 0.2) is 0 Å². The molecule has 0 saturated heterocycles. The SMILES string of the molecule is NCCN(CCN)C(=O)CC[C@H](N)C(=O)N[C@@H](CCc1ccccc1)C(=O)Nc1cccc(C(F)(F)F)c1. The highest BCUT2D eigenvalue weighted by Gasteiger charge is 2.31. The smallest absolute Gasteiger partial charge is 0.343 e. The third-order valence-electron chi connectivity index (χ3n) is 5.81. The molecule has 0 unspecified atom stereocenters. The van der Waals surface area contributed by atoms with Crippen molar-refractivity contribution >= 4 is 23.4 Å². The van der Waals surface area contributed by atoms with Gasteiger partial charge in [-0.05, 0) is 43.0 Å². The van der Waals surface area contributed by atoms with Gasteiger partial charge in [0.05, 0.1) is 11.6 Å². The number of nitrogens with two attached hydrogens (primary N) is 3. The van der Waals surface area contributed by atoms with Gasteiger partial charge in [-0.1, -0.05) is 36.4 Å². The molecule has 12 heteroatoms. The molecule has 0 saturated carbocycles. The zero-order valence-corrected chi connectivity index (χ0v) is 21.0. The van der Waals surface area contributed by atoms with Crippen molar-refractivity contribution in [2.24, 2.45) is 17.2 Å². The molecular formula is C26H35F3N6O3. The molecule has 0 heterocycles. The van der Waals surface area contributed by atoms with Crippen LogP contribution in [-0.4, -0.2) is 60.9 Å². The molecule has 38 heavy (non-hydrogen) atoms. The summed E-state index contributed by atoms with van der Waals surface area (Å²) < 4.78 is 39.2. The Morgan fingerprint density at radius 2 is 1.55 bits per heavy atom. The molecule has 8 N–H and O–H groups in total. The van der Waals surface area contributed by atoms with Gasteiger partial charge in [0.25, 0.3) is 0 Å². The van der Waals surface area contributed by atoms with E-state index in [1.807, 2.05) is 30.3 Å². The highest BCUT2D eigenvalue weighted by Crippen LogP contribution is 2.30. The van der Waals surface area contributed by atoms with Gasteiger partial charge in [-0.15, -0.1) is 0 Å². The van der Waals surface area contributed by atoms with Crippen molar-refractivity contribution in [3.05, 3.63) is 65.7 Å². The molecule has 2 atom stereocenters. The van der Waals surface area contributed by atoms with Crippen LogP contribution >= 0.6 is 0 Å². The van der Waals surface area contributed by atoms with Crippen molar-refractivity contribution in [1.29, 1.82) is 0 Å². The lowest BCUT2D eigenvalue weighted by molar-refractivity contribution is -0.137. The fourth-order valence-corrected chi connectivity index (χ4v) is 3.75. The summed E-state index contributed by atoms with van der Waals surface area (Å²) in [5.41, 5.74) is 17.0. The average Bonchev–Trinajstić information content (AvgIpc) is 2.89. The van der Waals surface area contributed by atoms with E-state index in [0.717, 1.165) is 17.7 Å². The van der Waals surface area contributed by atoms with Gasteiger partial charge in [0, 0.05) is 38.3 Å². The van der Waals surface area contributed by atoms with Gasteiger partial charge in [0.2, 0.25) is 17.7 Å². The van der Waals surface area contributed by atoms with Crippen molar-refractivity contribution in [2.75, 3.05) is 31.5 Å². The normalized spacial score (nSPS) is 12.9. The number of aryl methyl sites for hydroxylation is 1. The molecule has 2 rings (SSSR count). The second-order valence-corrected chi connectivity index (χ2v) is 8.76. The molecule has 0 radical (unpaired) electrons. The Morgan fingerprint density at radius 3 is 2.16 bits per heavy atom. The number of amides is 3. The minimum Gasteiger partial charge on any atom is -0.343 e. The fraction of sp³-hybridized carbons (Fsp3) is 0.423. The van der Waals surface area contributed by atoms with Crippen molar-refractivity contribution in [3.63, 3.8) is 0 Å². The van der Waals surface area contributed by atoms with E-state index < -0.39 is 35.6 Å². The first kappa shape index (κ1) is 30.7. The van der Waals surface area contributed by atoms with E-state index in [1.165, 1.54) is 17.0 Å². The highest BCUT2D eigenvalue weighted by atomic mass is 19.4. The van der Waals surface area contributed by atoms with Crippen LogP contribution in [0.4, 0.5) is 18.9 Å². The molecule has 3 amide bonds. The number of anilines is 1. The van der Waals surface area contributed by atoms with E-state index in [2.05, 4.69) is 10.6 Å². The Kier molecular flexibility index (Phi) is 12.2. The van der Waals surface area contributed by atoms with Gasteiger partial charge in [-0.25, -0.2) is 0 Å². The molecule has 0 spiro atoms. The Hall–Kier alpha value is -3.48. The van der Waals surface area contributed by atoms with E-state index in [4.69, 9.17) is 17.2 Å². The number of carbonyl (C=O) groups is 3. The summed E-state index contributed by atoms with van der Waals surface area (Å²) in [5.74, 6) is -1.58. The van der Waals surface area contributed by atoms with Crippen LogP contribution in [0.5, 0.6) is 0 Å². The summed E-state index contributed by atoms with van der Waals surface area (Å²) in [6.45, 7) is 1.19. The third kappa shape index (κ3) is 10.1. The van der Waals surface area contributed by atoms with E-state index in [0.29, 0.717) is 19.5 Å². The molecule has 0 bridgehead atoms. The molecular weight excluding hydrogens is 501 g/mol. The second kappa shape index (κ2) is 15.1. The van der Waals surface area contributed by atoms with Gasteiger partial charge in [-0.3, -0.25) is 14.4 Å². The van der Waals surface area contributed by atoms with Crippen LogP contribution in [0, 0.1) is 0 Å². The molecule has 0 aliphatic heterocycles. The molecule has 2 aromatic rings. The predicted molar refractivity (Wildman–Crippen MR) is 139 cm³/mol. The van der Waals surface area contributed by atoms with Gasteiger partial charge in [-0.2, -0.15) is 13.2 Å². The molecule has 0 aromatic heterocycles. The number of hydrogen-bond acceptors (Lipinski definition) is 6. The van der Waals surface area contributed by atoms with Crippen molar-refractivity contribution < 1.29 is 27.6 Å². The Morgan fingerprint density at radius 1 is 0.895 bits per heavy atom. The minimum atomic E-state index is -4.57.